The largest absolute Gasteiger partial charge is 0.493 e. The van der Waals surface area contributed by atoms with E-state index in [1.807, 2.05) is 24.3 Å². The van der Waals surface area contributed by atoms with E-state index in [1.54, 1.807) is 14.2 Å². The molecule has 0 bridgehead atoms. The molecule has 5 rings (SSSR count). The van der Waals surface area contributed by atoms with Crippen molar-refractivity contribution in [2.24, 2.45) is 0 Å². The summed E-state index contributed by atoms with van der Waals surface area (Å²) < 4.78 is 13.2. The Morgan fingerprint density at radius 1 is 0.622 bits per heavy atom. The fourth-order valence-electron chi connectivity index (χ4n) is 4.69. The molecule has 0 fully saturated rings. The number of ether oxygens (including phenoxy) is 2. The van der Waals surface area contributed by atoms with E-state index in [1.165, 1.54) is 27.8 Å². The zero-order chi connectivity index (χ0) is 25.5. The first-order valence-corrected chi connectivity index (χ1v) is 12.5. The van der Waals surface area contributed by atoms with Crippen LogP contribution in [0.5, 0.6) is 11.5 Å². The van der Waals surface area contributed by atoms with E-state index in [0.29, 0.717) is 6.42 Å². The van der Waals surface area contributed by atoms with Crippen molar-refractivity contribution in [3.63, 3.8) is 0 Å². The van der Waals surface area contributed by atoms with Gasteiger partial charge in [0.15, 0.2) is 11.5 Å². The maximum Gasteiger partial charge on any atom is 0.160 e. The van der Waals surface area contributed by atoms with Crippen LogP contribution in [-0.2, 0) is 25.8 Å². The van der Waals surface area contributed by atoms with Crippen LogP contribution in [0.15, 0.2) is 103 Å². The molecule has 5 aromatic rings. The predicted octanol–water partition coefficient (Wildman–Crippen LogP) is 6.39. The summed E-state index contributed by atoms with van der Waals surface area (Å²) in [6.45, 7) is 0.771. The highest BCUT2D eigenvalue weighted by Crippen LogP contribution is 2.29. The fraction of sp³-hybridized carbons (Fsp3) is 0.188. The average Bonchev–Trinajstić information content (AvgIpc) is 3.33. The van der Waals surface area contributed by atoms with E-state index in [4.69, 9.17) is 9.47 Å². The van der Waals surface area contributed by atoms with Gasteiger partial charge in [-0.2, -0.15) is 0 Å². The van der Waals surface area contributed by atoms with Crippen LogP contribution in [0, 0.1) is 0 Å². The van der Waals surface area contributed by atoms with Crippen LogP contribution in [0.2, 0.25) is 0 Å². The first-order valence-electron chi connectivity index (χ1n) is 12.5. The topological polar surface area (TPSA) is 49.2 Å². The number of methoxy groups -OCH3 is 2. The smallest absolute Gasteiger partial charge is 0.160 e. The number of hydrogen-bond donors (Lipinski definition) is 0. The molecule has 0 aliphatic rings. The predicted molar refractivity (Wildman–Crippen MR) is 147 cm³/mol. The molecule has 5 nitrogen and oxygen atoms in total. The van der Waals surface area contributed by atoms with Crippen molar-refractivity contribution in [1.82, 2.24) is 14.8 Å². The Balaban J connectivity index is 1.46. The Morgan fingerprint density at radius 2 is 1.27 bits per heavy atom. The van der Waals surface area contributed by atoms with Crippen LogP contribution in [0.25, 0.3) is 11.1 Å². The van der Waals surface area contributed by atoms with E-state index in [-0.39, 0.29) is 0 Å². The quantitative estimate of drug-likeness (QED) is 0.228. The van der Waals surface area contributed by atoms with Crippen LogP contribution in [-0.4, -0.2) is 29.0 Å². The minimum atomic E-state index is 0.707. The lowest BCUT2D eigenvalue weighted by Gasteiger charge is -2.14. The van der Waals surface area contributed by atoms with Gasteiger partial charge in [-0.05, 0) is 46.4 Å². The second-order valence-corrected chi connectivity index (χ2v) is 8.99. The standard InChI is InChI=1S/C32H31N3O2/c1-36-29-18-17-25(21-30(29)37-2)19-20-35-31(22-24-11-5-3-6-12-24)33-34-32(35)23-27-15-9-10-16-28(27)26-13-7-4-8-14-26/h3-18,21H,19-20,22-23H2,1-2H3. The van der Waals surface area contributed by atoms with E-state index in [0.717, 1.165) is 42.5 Å². The summed E-state index contributed by atoms with van der Waals surface area (Å²) in [7, 11) is 3.33. The fourth-order valence-corrected chi connectivity index (χ4v) is 4.69. The Morgan fingerprint density at radius 3 is 2.00 bits per heavy atom. The lowest BCUT2D eigenvalue weighted by atomic mass is 9.97. The van der Waals surface area contributed by atoms with Crippen molar-refractivity contribution in [2.75, 3.05) is 14.2 Å². The molecule has 0 N–H and O–H groups in total. The molecule has 0 saturated carbocycles. The molecule has 0 aliphatic heterocycles. The molecule has 4 aromatic carbocycles. The number of benzene rings is 4. The van der Waals surface area contributed by atoms with Crippen molar-refractivity contribution in [2.45, 2.75) is 25.8 Å². The van der Waals surface area contributed by atoms with E-state index in [2.05, 4.69) is 93.6 Å². The highest BCUT2D eigenvalue weighted by atomic mass is 16.5. The summed E-state index contributed by atoms with van der Waals surface area (Å²) in [5.41, 5.74) is 6.06. The van der Waals surface area contributed by atoms with Crippen molar-refractivity contribution >= 4 is 0 Å². The second-order valence-electron chi connectivity index (χ2n) is 8.99. The lowest BCUT2D eigenvalue weighted by molar-refractivity contribution is 0.354. The average molecular weight is 490 g/mol. The van der Waals surface area contributed by atoms with Gasteiger partial charge >= 0.3 is 0 Å². The van der Waals surface area contributed by atoms with Crippen molar-refractivity contribution < 1.29 is 9.47 Å². The van der Waals surface area contributed by atoms with Crippen LogP contribution in [0.3, 0.4) is 0 Å². The minimum Gasteiger partial charge on any atom is -0.493 e. The SMILES string of the molecule is COc1ccc(CCn2c(Cc3ccccc3)nnc2Cc2ccccc2-c2ccccc2)cc1OC. The summed E-state index contributed by atoms with van der Waals surface area (Å²) >= 11 is 0. The van der Waals surface area contributed by atoms with Gasteiger partial charge in [0.1, 0.15) is 11.6 Å². The maximum atomic E-state index is 5.52. The van der Waals surface area contributed by atoms with Gasteiger partial charge in [0.2, 0.25) is 0 Å². The van der Waals surface area contributed by atoms with Gasteiger partial charge in [-0.25, -0.2) is 0 Å². The zero-order valence-corrected chi connectivity index (χ0v) is 21.3. The number of aromatic nitrogens is 3. The highest BCUT2D eigenvalue weighted by molar-refractivity contribution is 5.67. The summed E-state index contributed by atoms with van der Waals surface area (Å²) in [6, 6.07) is 35.6. The van der Waals surface area contributed by atoms with Crippen LogP contribution < -0.4 is 9.47 Å². The molecule has 0 saturated heterocycles. The minimum absolute atomic E-state index is 0.707. The molecule has 1 heterocycles. The Hall–Kier alpha value is -4.38. The Labute approximate surface area is 218 Å². The van der Waals surface area contributed by atoms with Crippen LogP contribution >= 0.6 is 0 Å². The first kappa shape index (κ1) is 24.3. The Kier molecular flexibility index (Phi) is 7.60. The summed E-state index contributed by atoms with van der Waals surface area (Å²) in [5, 5.41) is 9.34. The molecule has 0 unspecified atom stereocenters. The summed E-state index contributed by atoms with van der Waals surface area (Å²) in [5.74, 6) is 3.41. The van der Waals surface area contributed by atoms with Crippen molar-refractivity contribution in [3.8, 4) is 22.6 Å². The summed E-state index contributed by atoms with van der Waals surface area (Å²) in [4.78, 5) is 0. The molecule has 0 radical (unpaired) electrons. The Bertz CT molecular complexity index is 1450. The van der Waals surface area contributed by atoms with Gasteiger partial charge in [0.25, 0.3) is 0 Å². The van der Waals surface area contributed by atoms with Crippen LogP contribution in [0.4, 0.5) is 0 Å². The highest BCUT2D eigenvalue weighted by Gasteiger charge is 2.16. The number of rotatable bonds is 10. The first-order chi connectivity index (χ1) is 18.2. The molecule has 0 spiro atoms. The normalized spacial score (nSPS) is 10.9. The molecule has 186 valence electrons. The third kappa shape index (κ3) is 5.72. The second kappa shape index (κ2) is 11.6. The molecule has 37 heavy (non-hydrogen) atoms. The molecular weight excluding hydrogens is 458 g/mol. The van der Waals surface area contributed by atoms with Gasteiger partial charge < -0.3 is 14.0 Å². The molecular formula is C32H31N3O2. The van der Waals surface area contributed by atoms with Crippen LogP contribution in [0.1, 0.15) is 28.3 Å². The lowest BCUT2D eigenvalue weighted by Crippen LogP contribution is -2.11. The van der Waals surface area contributed by atoms with Gasteiger partial charge in [-0.3, -0.25) is 0 Å². The van der Waals surface area contributed by atoms with E-state index in [9.17, 15) is 0 Å². The third-order valence-electron chi connectivity index (χ3n) is 6.63. The van der Waals surface area contributed by atoms with Gasteiger partial charge in [-0.15, -0.1) is 10.2 Å². The van der Waals surface area contributed by atoms with E-state index >= 15 is 0 Å². The molecule has 0 amide bonds. The van der Waals surface area contributed by atoms with Crippen molar-refractivity contribution in [1.29, 1.82) is 0 Å². The molecule has 5 heteroatoms. The molecule has 0 atom stereocenters. The monoisotopic (exact) mass is 489 g/mol. The maximum absolute atomic E-state index is 5.52. The number of aryl methyl sites for hydroxylation is 1. The number of nitrogens with zero attached hydrogens (tertiary/aromatic N) is 3. The van der Waals surface area contributed by atoms with Gasteiger partial charge in [0.05, 0.1) is 14.2 Å². The van der Waals surface area contributed by atoms with Gasteiger partial charge in [0, 0.05) is 19.4 Å². The zero-order valence-electron chi connectivity index (χ0n) is 21.3. The number of hydrogen-bond acceptors (Lipinski definition) is 4. The van der Waals surface area contributed by atoms with Crippen molar-refractivity contribution in [3.05, 3.63) is 131 Å². The van der Waals surface area contributed by atoms with E-state index < -0.39 is 0 Å². The molecule has 0 aliphatic carbocycles. The molecule has 1 aromatic heterocycles. The van der Waals surface area contributed by atoms with Gasteiger partial charge in [-0.1, -0.05) is 91.0 Å². The summed E-state index contributed by atoms with van der Waals surface area (Å²) in [6.07, 6.45) is 2.27. The third-order valence-corrected chi connectivity index (χ3v) is 6.63.